The summed E-state index contributed by atoms with van der Waals surface area (Å²) in [5.41, 5.74) is 1.33. The van der Waals surface area contributed by atoms with Gasteiger partial charge in [-0.25, -0.2) is 0 Å². The minimum Gasteiger partial charge on any atom is -0.317 e. The molecule has 1 fully saturated rings. The largest absolute Gasteiger partial charge is 0.317 e. The Kier molecular flexibility index (Phi) is 3.14. The second-order valence-corrected chi connectivity index (χ2v) is 3.99. The van der Waals surface area contributed by atoms with Crippen LogP contribution in [0.3, 0.4) is 0 Å². The van der Waals surface area contributed by atoms with Gasteiger partial charge >= 0.3 is 0 Å². The molecular weight excluding hydrogens is 160 g/mol. The fourth-order valence-electron chi connectivity index (χ4n) is 2.14. The van der Waals surface area contributed by atoms with Crippen LogP contribution in [0.4, 0.5) is 0 Å². The molecule has 1 atom stereocenters. The molecule has 2 aliphatic heterocycles. The Balaban J connectivity index is 1.82. The van der Waals surface area contributed by atoms with Crippen molar-refractivity contribution in [3.63, 3.8) is 0 Å². The van der Waals surface area contributed by atoms with Crippen LogP contribution >= 0.6 is 0 Å². The molecule has 0 aliphatic carbocycles. The third-order valence-corrected chi connectivity index (χ3v) is 2.91. The van der Waals surface area contributed by atoms with E-state index in [-0.39, 0.29) is 0 Å². The third kappa shape index (κ3) is 2.66. The maximum absolute atomic E-state index is 4.38. The van der Waals surface area contributed by atoms with E-state index in [9.17, 15) is 0 Å². The highest BCUT2D eigenvalue weighted by molar-refractivity contribution is 5.64. The Hall–Kier alpha value is -0.630. The van der Waals surface area contributed by atoms with Crippen LogP contribution in [-0.2, 0) is 0 Å². The van der Waals surface area contributed by atoms with Crippen LogP contribution in [0.15, 0.2) is 16.8 Å². The maximum Gasteiger partial charge on any atom is 0.0366 e. The van der Waals surface area contributed by atoms with Crippen molar-refractivity contribution in [3.8, 4) is 0 Å². The zero-order valence-electron chi connectivity index (χ0n) is 8.13. The molecule has 1 unspecified atom stereocenters. The van der Waals surface area contributed by atoms with Crippen molar-refractivity contribution in [3.05, 3.63) is 11.8 Å². The zero-order chi connectivity index (χ0) is 8.93. The minimum absolute atomic E-state index is 0.872. The summed E-state index contributed by atoms with van der Waals surface area (Å²) < 4.78 is 0. The lowest BCUT2D eigenvalue weighted by atomic mass is 9.95. The van der Waals surface area contributed by atoms with Crippen LogP contribution in [0.25, 0.3) is 0 Å². The molecule has 2 aliphatic rings. The smallest absolute Gasteiger partial charge is 0.0366 e. The molecule has 2 heterocycles. The summed E-state index contributed by atoms with van der Waals surface area (Å²) in [6, 6.07) is 0. The van der Waals surface area contributed by atoms with Crippen LogP contribution in [0.1, 0.15) is 32.1 Å². The highest BCUT2D eigenvalue weighted by Crippen LogP contribution is 2.24. The first-order chi connectivity index (χ1) is 6.45. The third-order valence-electron chi connectivity index (χ3n) is 2.91. The molecule has 2 nitrogen and oxygen atoms in total. The fraction of sp³-hybridized carbons (Fsp3) is 0.727. The summed E-state index contributed by atoms with van der Waals surface area (Å²) in [4.78, 5) is 4.38. The quantitative estimate of drug-likeness (QED) is 0.688. The molecule has 2 heteroatoms. The summed E-state index contributed by atoms with van der Waals surface area (Å²) in [6.07, 6.45) is 10.6. The topological polar surface area (TPSA) is 24.4 Å². The number of allylic oxidation sites excluding steroid dienone is 2. The van der Waals surface area contributed by atoms with Gasteiger partial charge in [0.2, 0.25) is 0 Å². The molecule has 0 amide bonds. The van der Waals surface area contributed by atoms with E-state index in [4.69, 9.17) is 0 Å². The van der Waals surface area contributed by atoms with Crippen LogP contribution in [0.2, 0.25) is 0 Å². The molecule has 1 N–H and O–H groups in total. The van der Waals surface area contributed by atoms with Gasteiger partial charge in [0, 0.05) is 18.3 Å². The van der Waals surface area contributed by atoms with Crippen molar-refractivity contribution in [2.24, 2.45) is 10.9 Å². The zero-order valence-corrected chi connectivity index (χ0v) is 8.13. The van der Waals surface area contributed by atoms with Gasteiger partial charge in [-0.05, 0) is 44.7 Å². The van der Waals surface area contributed by atoms with Crippen molar-refractivity contribution < 1.29 is 0 Å². The van der Waals surface area contributed by atoms with Gasteiger partial charge in [-0.2, -0.15) is 0 Å². The first-order valence-electron chi connectivity index (χ1n) is 5.37. The molecule has 13 heavy (non-hydrogen) atoms. The minimum atomic E-state index is 0.872. The standard InChI is InChI=1S/C11H18N2/c1-3-10(5-8-12-6-1)9-11-4-2-7-13-11/h4,7,10,12H,1-3,5-6,8-9H2. The lowest BCUT2D eigenvalue weighted by molar-refractivity contribution is 0.467. The Morgan fingerprint density at radius 2 is 2.38 bits per heavy atom. The van der Waals surface area contributed by atoms with Gasteiger partial charge in [-0.1, -0.05) is 6.08 Å². The Morgan fingerprint density at radius 1 is 1.38 bits per heavy atom. The number of rotatable bonds is 2. The van der Waals surface area contributed by atoms with Gasteiger partial charge in [0.15, 0.2) is 0 Å². The van der Waals surface area contributed by atoms with E-state index in [0.29, 0.717) is 0 Å². The van der Waals surface area contributed by atoms with Gasteiger partial charge in [-0.15, -0.1) is 0 Å². The molecule has 0 saturated carbocycles. The Morgan fingerprint density at radius 3 is 3.23 bits per heavy atom. The summed E-state index contributed by atoms with van der Waals surface area (Å²) in [6.45, 7) is 2.40. The predicted molar refractivity (Wildman–Crippen MR) is 56.0 cm³/mol. The highest BCUT2D eigenvalue weighted by atomic mass is 14.9. The Labute approximate surface area is 80.1 Å². The summed E-state index contributed by atoms with van der Waals surface area (Å²) in [5.74, 6) is 0.872. The number of hydrogen-bond acceptors (Lipinski definition) is 2. The van der Waals surface area contributed by atoms with Gasteiger partial charge < -0.3 is 5.32 Å². The first-order valence-corrected chi connectivity index (χ1v) is 5.37. The molecule has 1 saturated heterocycles. The molecular formula is C11H18N2. The normalized spacial score (nSPS) is 28.6. The fourth-order valence-corrected chi connectivity index (χ4v) is 2.14. The van der Waals surface area contributed by atoms with Gasteiger partial charge in [0.05, 0.1) is 0 Å². The number of nitrogens with one attached hydrogen (secondary N) is 1. The number of aliphatic imine (C=N–C) groups is 1. The van der Waals surface area contributed by atoms with E-state index >= 15 is 0 Å². The van der Waals surface area contributed by atoms with E-state index in [0.717, 1.165) is 12.3 Å². The van der Waals surface area contributed by atoms with Crippen LogP contribution < -0.4 is 5.32 Å². The Bertz CT molecular complexity index is 210. The monoisotopic (exact) mass is 178 g/mol. The van der Waals surface area contributed by atoms with Crippen molar-refractivity contribution in [1.82, 2.24) is 5.32 Å². The van der Waals surface area contributed by atoms with Gasteiger partial charge in [0.1, 0.15) is 0 Å². The molecule has 0 bridgehead atoms. The molecule has 0 spiro atoms. The summed E-state index contributed by atoms with van der Waals surface area (Å²) >= 11 is 0. The molecule has 72 valence electrons. The molecule has 0 aromatic heterocycles. The van der Waals surface area contributed by atoms with Crippen molar-refractivity contribution in [2.75, 3.05) is 13.1 Å². The van der Waals surface area contributed by atoms with Crippen LogP contribution in [0, 0.1) is 5.92 Å². The second kappa shape index (κ2) is 4.56. The van der Waals surface area contributed by atoms with Crippen LogP contribution in [-0.4, -0.2) is 19.3 Å². The van der Waals surface area contributed by atoms with E-state index in [1.165, 1.54) is 44.5 Å². The summed E-state index contributed by atoms with van der Waals surface area (Å²) in [5, 5.41) is 3.44. The lowest BCUT2D eigenvalue weighted by Gasteiger charge is -2.12. The van der Waals surface area contributed by atoms with E-state index < -0.39 is 0 Å². The SMILES string of the molecule is C1=NC(CC2CCCNCC2)=CC1. The van der Waals surface area contributed by atoms with Crippen LogP contribution in [0.5, 0.6) is 0 Å². The predicted octanol–water partition coefficient (Wildman–Crippen LogP) is 2.12. The number of nitrogens with zero attached hydrogens (tertiary/aromatic N) is 1. The van der Waals surface area contributed by atoms with Crippen molar-refractivity contribution in [1.29, 1.82) is 0 Å². The van der Waals surface area contributed by atoms with Crippen molar-refractivity contribution >= 4 is 6.21 Å². The van der Waals surface area contributed by atoms with Gasteiger partial charge in [0.25, 0.3) is 0 Å². The first kappa shape index (κ1) is 8.95. The van der Waals surface area contributed by atoms with Gasteiger partial charge in [-0.3, -0.25) is 4.99 Å². The van der Waals surface area contributed by atoms with E-state index in [2.05, 4.69) is 16.4 Å². The van der Waals surface area contributed by atoms with E-state index in [1.54, 1.807) is 0 Å². The lowest BCUT2D eigenvalue weighted by Crippen LogP contribution is -2.14. The molecule has 0 aromatic rings. The molecule has 2 rings (SSSR count). The highest BCUT2D eigenvalue weighted by Gasteiger charge is 2.13. The van der Waals surface area contributed by atoms with Crippen molar-refractivity contribution in [2.45, 2.75) is 32.1 Å². The summed E-state index contributed by atoms with van der Waals surface area (Å²) in [7, 11) is 0. The van der Waals surface area contributed by atoms with E-state index in [1.807, 2.05) is 6.21 Å². The molecule has 0 aromatic carbocycles. The average molecular weight is 178 g/mol. The maximum atomic E-state index is 4.38. The molecule has 0 radical (unpaired) electrons. The second-order valence-electron chi connectivity index (χ2n) is 3.99. The average Bonchev–Trinajstić information content (AvgIpc) is 2.49. The number of hydrogen-bond donors (Lipinski definition) is 1.